The van der Waals surface area contributed by atoms with E-state index in [1.165, 1.54) is 12.8 Å². The Morgan fingerprint density at radius 1 is 1.36 bits per heavy atom. The van der Waals surface area contributed by atoms with Gasteiger partial charge in [-0.15, -0.1) is 0 Å². The molecular weight excluding hydrogens is 172 g/mol. The number of fused-ring (bicyclic) bond motifs is 1. The van der Waals surface area contributed by atoms with Crippen molar-refractivity contribution in [3.8, 4) is 0 Å². The molecule has 14 heavy (non-hydrogen) atoms. The molecule has 2 atom stereocenters. The van der Waals surface area contributed by atoms with Crippen molar-refractivity contribution in [2.45, 2.75) is 46.0 Å². The Hall–Kier alpha value is -0.590. The maximum atomic E-state index is 11.6. The molecule has 1 fully saturated rings. The lowest BCUT2D eigenvalue weighted by atomic mass is 9.87. The van der Waals surface area contributed by atoms with E-state index in [1.807, 2.05) is 0 Å². The number of rotatable bonds is 0. The number of hydrogen-bond donors (Lipinski definition) is 0. The molecule has 0 heterocycles. The quantitative estimate of drug-likeness (QED) is 0.538. The Bertz CT molecular complexity index is 262. The summed E-state index contributed by atoms with van der Waals surface area (Å²) in [7, 11) is 0. The van der Waals surface area contributed by atoms with E-state index in [0.717, 1.165) is 19.3 Å². The molecule has 1 saturated carbocycles. The van der Waals surface area contributed by atoms with Gasteiger partial charge in [-0.05, 0) is 36.5 Å². The second-order valence-corrected chi connectivity index (χ2v) is 5.71. The van der Waals surface area contributed by atoms with E-state index in [2.05, 4.69) is 26.0 Å². The number of ketones is 1. The molecule has 0 bridgehead atoms. The fraction of sp³-hybridized carbons (Fsp3) is 0.769. The number of carbonyl (C=O) groups is 1. The lowest BCUT2D eigenvalue weighted by Gasteiger charge is -2.17. The third-order valence-electron chi connectivity index (χ3n) is 3.67. The van der Waals surface area contributed by atoms with Gasteiger partial charge in [-0.1, -0.05) is 26.0 Å². The third kappa shape index (κ3) is 2.08. The molecule has 0 saturated heterocycles. The molecule has 78 valence electrons. The number of allylic oxidation sites excluding steroid dienone is 2. The molecule has 0 aromatic carbocycles. The number of carbonyl (C=O) groups excluding carboxylic acids is 1. The summed E-state index contributed by atoms with van der Waals surface area (Å²) in [5.41, 5.74) is 0.449. The maximum Gasteiger partial charge on any atom is 0.133 e. The van der Waals surface area contributed by atoms with Crippen LogP contribution >= 0.6 is 0 Å². The number of Topliss-reactive ketones (excluding diaryl/α,β-unsaturated/α-hetero) is 1. The summed E-state index contributed by atoms with van der Waals surface area (Å²) in [5, 5.41) is 0. The second-order valence-electron chi connectivity index (χ2n) is 5.71. The van der Waals surface area contributed by atoms with Crippen LogP contribution < -0.4 is 0 Å². The maximum absolute atomic E-state index is 11.6. The number of hydrogen-bond acceptors (Lipinski definition) is 1. The van der Waals surface area contributed by atoms with Crippen molar-refractivity contribution < 1.29 is 4.79 Å². The van der Waals surface area contributed by atoms with Gasteiger partial charge < -0.3 is 0 Å². The van der Waals surface area contributed by atoms with Crippen LogP contribution in [0.1, 0.15) is 46.0 Å². The smallest absolute Gasteiger partial charge is 0.133 e. The predicted molar refractivity (Wildman–Crippen MR) is 58.0 cm³/mol. The van der Waals surface area contributed by atoms with Gasteiger partial charge in [-0.3, -0.25) is 4.79 Å². The van der Waals surface area contributed by atoms with Crippen LogP contribution in [0.25, 0.3) is 0 Å². The first kappa shape index (κ1) is 9.95. The highest BCUT2D eigenvalue weighted by molar-refractivity contribution is 5.79. The first-order valence-corrected chi connectivity index (χ1v) is 5.75. The summed E-state index contributed by atoms with van der Waals surface area (Å²) >= 11 is 0. The van der Waals surface area contributed by atoms with Crippen LogP contribution in [0.2, 0.25) is 0 Å². The van der Waals surface area contributed by atoms with Crippen LogP contribution in [0.4, 0.5) is 0 Å². The summed E-state index contributed by atoms with van der Waals surface area (Å²) in [4.78, 5) is 11.6. The Morgan fingerprint density at radius 3 is 2.93 bits per heavy atom. The molecule has 0 aliphatic heterocycles. The lowest BCUT2D eigenvalue weighted by molar-refractivity contribution is -0.120. The molecular formula is C13H20O. The van der Waals surface area contributed by atoms with Crippen molar-refractivity contribution in [2.24, 2.45) is 17.3 Å². The molecule has 0 unspecified atom stereocenters. The van der Waals surface area contributed by atoms with Gasteiger partial charge in [0.1, 0.15) is 5.78 Å². The predicted octanol–water partition coefficient (Wildman–Crippen LogP) is 3.35. The zero-order valence-electron chi connectivity index (χ0n) is 9.25. The van der Waals surface area contributed by atoms with E-state index in [0.29, 0.717) is 23.0 Å². The minimum absolute atomic E-state index is 0.449. The summed E-state index contributed by atoms with van der Waals surface area (Å²) in [6.07, 6.45) is 9.64. The van der Waals surface area contributed by atoms with Crippen molar-refractivity contribution in [3.63, 3.8) is 0 Å². The zero-order valence-corrected chi connectivity index (χ0v) is 9.25. The van der Waals surface area contributed by atoms with Gasteiger partial charge in [0, 0.05) is 12.8 Å². The lowest BCUT2D eigenvalue weighted by Crippen LogP contribution is -2.13. The van der Waals surface area contributed by atoms with Gasteiger partial charge in [0.15, 0.2) is 0 Å². The van der Waals surface area contributed by atoms with Gasteiger partial charge in [0.25, 0.3) is 0 Å². The van der Waals surface area contributed by atoms with Gasteiger partial charge >= 0.3 is 0 Å². The van der Waals surface area contributed by atoms with Crippen molar-refractivity contribution in [2.75, 3.05) is 0 Å². The van der Waals surface area contributed by atoms with Crippen molar-refractivity contribution >= 4 is 5.78 Å². The molecule has 0 aromatic heterocycles. The average molecular weight is 192 g/mol. The fourth-order valence-electron chi connectivity index (χ4n) is 3.11. The van der Waals surface area contributed by atoms with E-state index in [-0.39, 0.29) is 0 Å². The SMILES string of the molecule is CC1(C)C[C@@H]2CC(=O)CC/C=C\[C@@H]2C1. The Kier molecular flexibility index (Phi) is 2.50. The van der Waals surface area contributed by atoms with Gasteiger partial charge in [-0.2, -0.15) is 0 Å². The summed E-state index contributed by atoms with van der Waals surface area (Å²) in [6.45, 7) is 4.66. The van der Waals surface area contributed by atoms with Crippen LogP contribution in [-0.2, 0) is 4.79 Å². The van der Waals surface area contributed by atoms with Gasteiger partial charge in [0.05, 0.1) is 0 Å². The monoisotopic (exact) mass is 192 g/mol. The summed E-state index contributed by atoms with van der Waals surface area (Å²) < 4.78 is 0. The first-order valence-electron chi connectivity index (χ1n) is 5.75. The van der Waals surface area contributed by atoms with E-state index in [9.17, 15) is 4.79 Å². The fourth-order valence-corrected chi connectivity index (χ4v) is 3.11. The highest BCUT2D eigenvalue weighted by Gasteiger charge is 2.38. The molecule has 0 spiro atoms. The summed E-state index contributed by atoms with van der Waals surface area (Å²) in [5.74, 6) is 1.78. The van der Waals surface area contributed by atoms with E-state index in [4.69, 9.17) is 0 Å². The van der Waals surface area contributed by atoms with Crippen molar-refractivity contribution in [1.82, 2.24) is 0 Å². The molecule has 2 rings (SSSR count). The highest BCUT2D eigenvalue weighted by atomic mass is 16.1. The van der Waals surface area contributed by atoms with Crippen LogP contribution in [0.5, 0.6) is 0 Å². The largest absolute Gasteiger partial charge is 0.300 e. The molecule has 2 aliphatic carbocycles. The molecule has 0 N–H and O–H groups in total. The Balaban J connectivity index is 2.14. The van der Waals surface area contributed by atoms with E-state index >= 15 is 0 Å². The molecule has 0 aromatic rings. The molecule has 2 aliphatic rings. The zero-order chi connectivity index (χ0) is 10.2. The van der Waals surface area contributed by atoms with Crippen molar-refractivity contribution in [1.29, 1.82) is 0 Å². The minimum Gasteiger partial charge on any atom is -0.300 e. The molecule has 1 nitrogen and oxygen atoms in total. The topological polar surface area (TPSA) is 17.1 Å². The standard InChI is InChI=1S/C13H20O/c1-13(2)8-10-5-3-4-6-12(14)7-11(10)9-13/h3,5,10-11H,4,6-9H2,1-2H3/b5-3-/t10-,11+/m1/s1. The van der Waals surface area contributed by atoms with Crippen LogP contribution in [0, 0.1) is 17.3 Å². The van der Waals surface area contributed by atoms with Crippen LogP contribution in [0.3, 0.4) is 0 Å². The second kappa shape index (κ2) is 3.52. The first-order chi connectivity index (χ1) is 6.57. The van der Waals surface area contributed by atoms with Crippen LogP contribution in [0.15, 0.2) is 12.2 Å². The van der Waals surface area contributed by atoms with E-state index in [1.54, 1.807) is 0 Å². The summed E-state index contributed by atoms with van der Waals surface area (Å²) in [6, 6.07) is 0. The molecule has 0 amide bonds. The molecule has 1 heteroatoms. The Morgan fingerprint density at radius 2 is 2.14 bits per heavy atom. The van der Waals surface area contributed by atoms with Gasteiger partial charge in [0.2, 0.25) is 0 Å². The molecule has 0 radical (unpaired) electrons. The van der Waals surface area contributed by atoms with Crippen molar-refractivity contribution in [3.05, 3.63) is 12.2 Å². The van der Waals surface area contributed by atoms with Crippen LogP contribution in [-0.4, -0.2) is 5.78 Å². The average Bonchev–Trinajstić information content (AvgIpc) is 2.31. The highest BCUT2D eigenvalue weighted by Crippen LogP contribution is 2.47. The minimum atomic E-state index is 0.449. The normalized spacial score (nSPS) is 38.6. The van der Waals surface area contributed by atoms with Gasteiger partial charge in [-0.25, -0.2) is 0 Å². The Labute approximate surface area is 86.6 Å². The van der Waals surface area contributed by atoms with E-state index < -0.39 is 0 Å². The third-order valence-corrected chi connectivity index (χ3v) is 3.67.